The lowest BCUT2D eigenvalue weighted by Gasteiger charge is -2.24. The number of nitrogens with one attached hydrogen (secondary N) is 1. The molecule has 7 nitrogen and oxygen atoms in total. The topological polar surface area (TPSA) is 127 Å². The van der Waals surface area contributed by atoms with Crippen LogP contribution in [0.5, 0.6) is 0 Å². The Morgan fingerprint density at radius 1 is 1.00 bits per heavy atom. The fourth-order valence-electron chi connectivity index (χ4n) is 1.69. The van der Waals surface area contributed by atoms with Crippen LogP contribution in [0.4, 0.5) is 0 Å². The van der Waals surface area contributed by atoms with Gasteiger partial charge in [0.25, 0.3) is 0 Å². The highest BCUT2D eigenvalue weighted by atomic mass is 31.2. The molecule has 0 amide bonds. The molecule has 1 rings (SSSR count). The summed E-state index contributed by atoms with van der Waals surface area (Å²) in [5.41, 5.74) is -2.06. The molecule has 1 fully saturated rings. The van der Waals surface area contributed by atoms with Crippen LogP contribution in [0.15, 0.2) is 0 Å². The van der Waals surface area contributed by atoms with Crippen LogP contribution in [0.1, 0.15) is 25.7 Å². The van der Waals surface area contributed by atoms with Crippen molar-refractivity contribution < 1.29 is 28.7 Å². The molecule has 0 unspecified atom stereocenters. The standard InChI is InChI=1S/C6H15NO6P2/c8-14(9,10)6(15(11,12)13)7-5-3-1-2-4-5/h5-7H,1-4H2,(H2,8,9,10)(H2,11,12,13). The van der Waals surface area contributed by atoms with Gasteiger partial charge in [-0.3, -0.25) is 14.4 Å². The summed E-state index contributed by atoms with van der Waals surface area (Å²) in [6.07, 6.45) is 3.20. The first kappa shape index (κ1) is 13.3. The van der Waals surface area contributed by atoms with E-state index in [0.717, 1.165) is 12.8 Å². The molecule has 0 spiro atoms. The van der Waals surface area contributed by atoms with Gasteiger partial charge < -0.3 is 19.6 Å². The minimum absolute atomic E-state index is 0.213. The minimum atomic E-state index is -4.82. The summed E-state index contributed by atoms with van der Waals surface area (Å²) in [4.78, 5) is 35.3. The fourth-order valence-corrected chi connectivity index (χ4v) is 4.07. The van der Waals surface area contributed by atoms with Gasteiger partial charge in [-0.1, -0.05) is 12.8 Å². The van der Waals surface area contributed by atoms with Gasteiger partial charge in [0.2, 0.25) is 5.52 Å². The first-order valence-electron chi connectivity index (χ1n) is 4.58. The first-order chi connectivity index (χ1) is 6.71. The van der Waals surface area contributed by atoms with Gasteiger partial charge in [0.15, 0.2) is 0 Å². The summed E-state index contributed by atoms with van der Waals surface area (Å²) in [6.45, 7) is 0. The molecule has 0 bridgehead atoms. The average molecular weight is 259 g/mol. The largest absolute Gasteiger partial charge is 0.354 e. The van der Waals surface area contributed by atoms with E-state index in [1.165, 1.54) is 0 Å². The molecule has 1 aliphatic rings. The molecular formula is C6H15NO6P2. The van der Waals surface area contributed by atoms with Crippen LogP contribution in [-0.2, 0) is 9.13 Å². The Kier molecular flexibility index (Phi) is 4.12. The second-order valence-electron chi connectivity index (χ2n) is 3.70. The van der Waals surface area contributed by atoms with Gasteiger partial charge in [0.1, 0.15) is 0 Å². The maximum Gasteiger partial charge on any atom is 0.354 e. The zero-order valence-electron chi connectivity index (χ0n) is 7.98. The second-order valence-corrected chi connectivity index (χ2v) is 7.50. The van der Waals surface area contributed by atoms with Crippen molar-refractivity contribution in [2.24, 2.45) is 0 Å². The molecule has 0 aliphatic heterocycles. The summed E-state index contributed by atoms with van der Waals surface area (Å²) in [5.74, 6) is 0. The van der Waals surface area contributed by atoms with E-state index in [1.807, 2.05) is 0 Å². The van der Waals surface area contributed by atoms with E-state index in [0.29, 0.717) is 12.8 Å². The molecule has 9 heteroatoms. The van der Waals surface area contributed by atoms with E-state index in [-0.39, 0.29) is 6.04 Å². The van der Waals surface area contributed by atoms with Gasteiger partial charge in [-0.15, -0.1) is 0 Å². The smallest absolute Gasteiger partial charge is 0.323 e. The van der Waals surface area contributed by atoms with Crippen LogP contribution >= 0.6 is 15.2 Å². The van der Waals surface area contributed by atoms with Crippen molar-refractivity contribution in [1.82, 2.24) is 5.32 Å². The van der Waals surface area contributed by atoms with E-state index in [1.54, 1.807) is 0 Å². The van der Waals surface area contributed by atoms with E-state index in [4.69, 9.17) is 19.6 Å². The second kappa shape index (κ2) is 4.63. The molecule has 0 aromatic rings. The molecular weight excluding hydrogens is 244 g/mol. The lowest BCUT2D eigenvalue weighted by Crippen LogP contribution is -2.36. The Labute approximate surface area is 87.2 Å². The quantitative estimate of drug-likeness (QED) is 0.455. The summed E-state index contributed by atoms with van der Waals surface area (Å²) < 4.78 is 21.8. The van der Waals surface area contributed by atoms with Crippen LogP contribution in [0.3, 0.4) is 0 Å². The maximum absolute atomic E-state index is 10.9. The van der Waals surface area contributed by atoms with Crippen LogP contribution in [-0.4, -0.2) is 31.1 Å². The maximum atomic E-state index is 10.9. The first-order valence-corrected chi connectivity index (χ1v) is 7.94. The Morgan fingerprint density at radius 3 is 1.73 bits per heavy atom. The SMILES string of the molecule is O=P(O)(O)C(NC1CCCC1)P(=O)(O)O. The molecule has 0 aromatic heterocycles. The molecule has 15 heavy (non-hydrogen) atoms. The van der Waals surface area contributed by atoms with Crippen LogP contribution in [0.25, 0.3) is 0 Å². The highest BCUT2D eigenvalue weighted by molar-refractivity contribution is 7.70. The highest BCUT2D eigenvalue weighted by Crippen LogP contribution is 2.58. The molecule has 90 valence electrons. The molecule has 0 atom stereocenters. The van der Waals surface area contributed by atoms with E-state index in [2.05, 4.69) is 5.32 Å². The molecule has 0 radical (unpaired) electrons. The number of hydrogen-bond donors (Lipinski definition) is 5. The van der Waals surface area contributed by atoms with Crippen molar-refractivity contribution in [1.29, 1.82) is 0 Å². The molecule has 0 aromatic carbocycles. The van der Waals surface area contributed by atoms with Crippen molar-refractivity contribution in [2.75, 3.05) is 0 Å². The molecule has 5 N–H and O–H groups in total. The highest BCUT2D eigenvalue weighted by Gasteiger charge is 2.44. The summed E-state index contributed by atoms with van der Waals surface area (Å²) in [6, 6.07) is -0.213. The number of rotatable bonds is 4. The molecule has 0 saturated heterocycles. The molecule has 1 aliphatic carbocycles. The van der Waals surface area contributed by atoms with E-state index in [9.17, 15) is 9.13 Å². The predicted octanol–water partition coefficient (Wildman–Crippen LogP) is 0.158. The van der Waals surface area contributed by atoms with Gasteiger partial charge in [0.05, 0.1) is 0 Å². The van der Waals surface area contributed by atoms with Gasteiger partial charge >= 0.3 is 15.2 Å². The normalized spacial score (nSPS) is 20.1. The van der Waals surface area contributed by atoms with Crippen LogP contribution < -0.4 is 5.32 Å². The van der Waals surface area contributed by atoms with Gasteiger partial charge in [0, 0.05) is 6.04 Å². The van der Waals surface area contributed by atoms with Gasteiger partial charge in [-0.2, -0.15) is 0 Å². The zero-order valence-corrected chi connectivity index (χ0v) is 9.77. The molecule has 0 heterocycles. The third kappa shape index (κ3) is 3.96. The zero-order chi connectivity index (χ0) is 11.7. The Hall–Kier alpha value is 0.260. The van der Waals surface area contributed by atoms with Gasteiger partial charge in [-0.05, 0) is 12.8 Å². The molecule has 1 saturated carbocycles. The van der Waals surface area contributed by atoms with Crippen molar-refractivity contribution in [3.63, 3.8) is 0 Å². The number of hydrogen-bond acceptors (Lipinski definition) is 3. The summed E-state index contributed by atoms with van der Waals surface area (Å²) in [5, 5.41) is 2.37. The third-order valence-corrected chi connectivity index (χ3v) is 5.75. The van der Waals surface area contributed by atoms with Crippen molar-refractivity contribution in [2.45, 2.75) is 37.2 Å². The average Bonchev–Trinajstić information content (AvgIpc) is 2.46. The minimum Gasteiger partial charge on any atom is -0.323 e. The Morgan fingerprint density at radius 2 is 1.40 bits per heavy atom. The fraction of sp³-hybridized carbons (Fsp3) is 1.00. The lowest BCUT2D eigenvalue weighted by molar-refractivity contribution is 0.320. The van der Waals surface area contributed by atoms with Crippen molar-refractivity contribution in [3.8, 4) is 0 Å². The summed E-state index contributed by atoms with van der Waals surface area (Å²) in [7, 11) is -9.65. The van der Waals surface area contributed by atoms with Crippen molar-refractivity contribution >= 4 is 15.2 Å². The van der Waals surface area contributed by atoms with E-state index >= 15 is 0 Å². The Bertz CT molecular complexity index is 281. The van der Waals surface area contributed by atoms with Gasteiger partial charge in [-0.25, -0.2) is 0 Å². The monoisotopic (exact) mass is 259 g/mol. The predicted molar refractivity (Wildman–Crippen MR) is 53.3 cm³/mol. The van der Waals surface area contributed by atoms with Crippen LogP contribution in [0, 0.1) is 0 Å². The Balaban J connectivity index is 2.74. The van der Waals surface area contributed by atoms with Crippen LogP contribution in [0.2, 0.25) is 0 Å². The van der Waals surface area contributed by atoms with E-state index < -0.39 is 20.7 Å². The van der Waals surface area contributed by atoms with Crippen molar-refractivity contribution in [3.05, 3.63) is 0 Å². The lowest BCUT2D eigenvalue weighted by atomic mass is 10.3. The summed E-state index contributed by atoms with van der Waals surface area (Å²) >= 11 is 0. The third-order valence-electron chi connectivity index (χ3n) is 2.38.